The summed E-state index contributed by atoms with van der Waals surface area (Å²) in [5.41, 5.74) is 0. The third-order valence-corrected chi connectivity index (χ3v) is 4.14. The lowest BCUT2D eigenvalue weighted by Gasteiger charge is -2.11. The summed E-state index contributed by atoms with van der Waals surface area (Å²) in [6.07, 6.45) is 4.69. The Morgan fingerprint density at radius 3 is 2.94 bits per heavy atom. The molecule has 3 nitrogen and oxygen atoms in total. The van der Waals surface area contributed by atoms with Crippen LogP contribution in [0.3, 0.4) is 0 Å². The first-order valence-corrected chi connectivity index (χ1v) is 6.65. The molecule has 0 aromatic carbocycles. The van der Waals surface area contributed by atoms with Crippen molar-refractivity contribution < 1.29 is 9.90 Å². The van der Waals surface area contributed by atoms with Crippen LogP contribution in [-0.4, -0.2) is 23.7 Å². The molecule has 5 heteroatoms. The van der Waals surface area contributed by atoms with Gasteiger partial charge >= 0.3 is 0 Å². The van der Waals surface area contributed by atoms with Gasteiger partial charge in [-0.2, -0.15) is 0 Å². The topological polar surface area (TPSA) is 49.3 Å². The fourth-order valence-electron chi connectivity index (χ4n) is 1.69. The van der Waals surface area contributed by atoms with E-state index in [0.717, 1.165) is 10.2 Å². The summed E-state index contributed by atoms with van der Waals surface area (Å²) in [5, 5.41) is 11.9. The lowest BCUT2D eigenvalue weighted by Crippen LogP contribution is -2.32. The molecule has 1 aromatic heterocycles. The van der Waals surface area contributed by atoms with Crippen molar-refractivity contribution in [2.24, 2.45) is 5.92 Å². The van der Waals surface area contributed by atoms with Gasteiger partial charge in [0.05, 0.1) is 8.66 Å². The number of carbonyl (C=O) groups excluding carboxylic acids is 1. The number of aliphatic hydroxyl groups is 1. The highest BCUT2D eigenvalue weighted by Gasteiger charge is 2.20. The maximum Gasteiger partial charge on any atom is 0.261 e. The molecule has 16 heavy (non-hydrogen) atoms. The summed E-state index contributed by atoms with van der Waals surface area (Å²) in [4.78, 5) is 12.5. The largest absolute Gasteiger partial charge is 0.396 e. The molecule has 2 N–H and O–H groups in total. The Morgan fingerprint density at radius 1 is 1.56 bits per heavy atom. The van der Waals surface area contributed by atoms with Crippen LogP contribution < -0.4 is 5.32 Å². The van der Waals surface area contributed by atoms with Gasteiger partial charge < -0.3 is 10.4 Å². The first-order valence-electron chi connectivity index (χ1n) is 5.04. The molecule has 0 spiro atoms. The fraction of sp³-hybridized carbons (Fsp3) is 0.364. The Bertz CT molecular complexity index is 416. The molecule has 86 valence electrons. The summed E-state index contributed by atoms with van der Waals surface area (Å²) in [6.45, 7) is 0.146. The lowest BCUT2D eigenvalue weighted by molar-refractivity contribution is 0.0945. The molecule has 0 saturated carbocycles. The van der Waals surface area contributed by atoms with Crippen LogP contribution in [0.15, 0.2) is 28.1 Å². The van der Waals surface area contributed by atoms with E-state index in [1.165, 1.54) is 11.3 Å². The average molecular weight is 302 g/mol. The van der Waals surface area contributed by atoms with Gasteiger partial charge in [0, 0.05) is 18.6 Å². The van der Waals surface area contributed by atoms with Crippen LogP contribution in [0.2, 0.25) is 0 Å². The molecular weight excluding hydrogens is 290 g/mol. The van der Waals surface area contributed by atoms with Crippen molar-refractivity contribution in [1.29, 1.82) is 0 Å². The van der Waals surface area contributed by atoms with E-state index in [1.807, 2.05) is 18.2 Å². The predicted octanol–water partition coefficient (Wildman–Crippen LogP) is 2.18. The SMILES string of the molecule is O=C(N[C@@H]1C=C[C@H](CO)C1)c1ccc(Br)s1. The quantitative estimate of drug-likeness (QED) is 0.841. The molecule has 1 aliphatic rings. The summed E-state index contributed by atoms with van der Waals surface area (Å²) in [5.74, 6) is 0.129. The van der Waals surface area contributed by atoms with Crippen molar-refractivity contribution in [3.05, 3.63) is 32.9 Å². The van der Waals surface area contributed by atoms with Crippen molar-refractivity contribution in [3.8, 4) is 0 Å². The van der Waals surface area contributed by atoms with Crippen molar-refractivity contribution in [2.75, 3.05) is 6.61 Å². The monoisotopic (exact) mass is 301 g/mol. The molecule has 1 amide bonds. The molecule has 0 aliphatic heterocycles. The van der Waals surface area contributed by atoms with E-state index in [1.54, 1.807) is 6.07 Å². The minimum atomic E-state index is -0.0519. The van der Waals surface area contributed by atoms with E-state index in [0.29, 0.717) is 4.88 Å². The van der Waals surface area contributed by atoms with Gasteiger partial charge in [0.15, 0.2) is 0 Å². The maximum absolute atomic E-state index is 11.8. The number of rotatable bonds is 3. The first-order chi connectivity index (χ1) is 7.69. The number of carbonyl (C=O) groups is 1. The van der Waals surface area contributed by atoms with E-state index in [-0.39, 0.29) is 24.5 Å². The highest BCUT2D eigenvalue weighted by molar-refractivity contribution is 9.11. The van der Waals surface area contributed by atoms with E-state index < -0.39 is 0 Å². The minimum absolute atomic E-state index is 0.0468. The zero-order valence-corrected chi connectivity index (χ0v) is 10.9. The highest BCUT2D eigenvalue weighted by Crippen LogP contribution is 2.23. The maximum atomic E-state index is 11.8. The van der Waals surface area contributed by atoms with E-state index in [9.17, 15) is 4.79 Å². The fourth-order valence-corrected chi connectivity index (χ4v) is 2.98. The Hall–Kier alpha value is -0.650. The van der Waals surface area contributed by atoms with Crippen LogP contribution in [-0.2, 0) is 0 Å². The second-order valence-electron chi connectivity index (χ2n) is 3.75. The molecule has 0 radical (unpaired) electrons. The van der Waals surface area contributed by atoms with Gasteiger partial charge in [-0.25, -0.2) is 0 Å². The molecule has 0 unspecified atom stereocenters. The Labute approximate surface area is 106 Å². The molecule has 2 atom stereocenters. The van der Waals surface area contributed by atoms with Crippen LogP contribution >= 0.6 is 27.3 Å². The molecule has 0 bridgehead atoms. The number of nitrogens with one attached hydrogen (secondary N) is 1. The van der Waals surface area contributed by atoms with Crippen LogP contribution in [0.25, 0.3) is 0 Å². The number of thiophene rings is 1. The second-order valence-corrected chi connectivity index (χ2v) is 6.21. The predicted molar refractivity (Wildman–Crippen MR) is 67.6 cm³/mol. The van der Waals surface area contributed by atoms with Gasteiger partial charge in [0.25, 0.3) is 5.91 Å². The molecule has 1 aliphatic carbocycles. The highest BCUT2D eigenvalue weighted by atomic mass is 79.9. The average Bonchev–Trinajstić information content (AvgIpc) is 2.87. The first kappa shape index (κ1) is 11.8. The zero-order chi connectivity index (χ0) is 11.5. The standard InChI is InChI=1S/C11H12BrNO2S/c12-10-4-3-9(16-10)11(15)13-8-2-1-7(5-8)6-14/h1-4,7-8,14H,5-6H2,(H,13,15)/t7-,8+/m0/s1. The Morgan fingerprint density at radius 2 is 2.38 bits per heavy atom. The van der Waals surface area contributed by atoms with Crippen molar-refractivity contribution in [1.82, 2.24) is 5.32 Å². The summed E-state index contributed by atoms with van der Waals surface area (Å²) in [7, 11) is 0. The third-order valence-electron chi connectivity index (χ3n) is 2.52. The Kier molecular flexibility index (Phi) is 3.78. The minimum Gasteiger partial charge on any atom is -0.396 e. The zero-order valence-electron chi connectivity index (χ0n) is 8.52. The lowest BCUT2D eigenvalue weighted by atomic mass is 10.1. The molecule has 0 saturated heterocycles. The molecular formula is C11H12BrNO2S. The van der Waals surface area contributed by atoms with Gasteiger partial charge in [0.2, 0.25) is 0 Å². The van der Waals surface area contributed by atoms with E-state index in [2.05, 4.69) is 21.2 Å². The molecule has 1 aromatic rings. The smallest absolute Gasteiger partial charge is 0.261 e. The van der Waals surface area contributed by atoms with Gasteiger partial charge in [0.1, 0.15) is 0 Å². The van der Waals surface area contributed by atoms with Crippen LogP contribution in [0.4, 0.5) is 0 Å². The van der Waals surface area contributed by atoms with Crippen LogP contribution in [0, 0.1) is 5.92 Å². The normalized spacial score (nSPS) is 23.6. The number of aliphatic hydroxyl groups excluding tert-OH is 1. The van der Waals surface area contributed by atoms with Crippen LogP contribution in [0.5, 0.6) is 0 Å². The van der Waals surface area contributed by atoms with Crippen molar-refractivity contribution >= 4 is 33.2 Å². The summed E-state index contributed by atoms with van der Waals surface area (Å²) in [6, 6.07) is 3.71. The van der Waals surface area contributed by atoms with Crippen LogP contribution in [0.1, 0.15) is 16.1 Å². The summed E-state index contributed by atoms with van der Waals surface area (Å²) >= 11 is 4.74. The Balaban J connectivity index is 1.92. The number of hydrogen-bond acceptors (Lipinski definition) is 3. The van der Waals surface area contributed by atoms with Crippen molar-refractivity contribution in [3.63, 3.8) is 0 Å². The number of hydrogen-bond donors (Lipinski definition) is 2. The van der Waals surface area contributed by atoms with Gasteiger partial charge in [-0.05, 0) is 34.5 Å². The van der Waals surface area contributed by atoms with E-state index >= 15 is 0 Å². The number of amides is 1. The second kappa shape index (κ2) is 5.12. The summed E-state index contributed by atoms with van der Waals surface area (Å²) < 4.78 is 0.952. The molecule has 2 rings (SSSR count). The number of halogens is 1. The molecule has 1 heterocycles. The van der Waals surface area contributed by atoms with Gasteiger partial charge in [-0.1, -0.05) is 12.2 Å². The van der Waals surface area contributed by atoms with Gasteiger partial charge in [-0.15, -0.1) is 11.3 Å². The van der Waals surface area contributed by atoms with Crippen molar-refractivity contribution in [2.45, 2.75) is 12.5 Å². The van der Waals surface area contributed by atoms with Gasteiger partial charge in [-0.3, -0.25) is 4.79 Å². The van der Waals surface area contributed by atoms with E-state index in [4.69, 9.17) is 5.11 Å². The third kappa shape index (κ3) is 2.72. The molecule has 0 fully saturated rings.